The molecular formula is C19H22N2O3. The minimum atomic E-state index is -0.218. The van der Waals surface area contributed by atoms with E-state index in [2.05, 4.69) is 10.6 Å². The second-order valence-corrected chi connectivity index (χ2v) is 5.72. The summed E-state index contributed by atoms with van der Waals surface area (Å²) in [6, 6.07) is 15.7. The summed E-state index contributed by atoms with van der Waals surface area (Å²) < 4.78 is 0. The average molecular weight is 326 g/mol. The monoisotopic (exact) mass is 326 g/mol. The molecule has 24 heavy (non-hydrogen) atoms. The maximum absolute atomic E-state index is 12.1. The highest BCUT2D eigenvalue weighted by molar-refractivity contribution is 6.05. The van der Waals surface area contributed by atoms with E-state index < -0.39 is 0 Å². The third-order valence-electron chi connectivity index (χ3n) is 3.67. The van der Waals surface area contributed by atoms with Gasteiger partial charge in [0.2, 0.25) is 0 Å². The molecule has 2 rings (SSSR count). The van der Waals surface area contributed by atoms with Crippen molar-refractivity contribution < 1.29 is 14.7 Å². The smallest absolute Gasteiger partial charge is 0.255 e. The van der Waals surface area contributed by atoms with Crippen LogP contribution in [-0.4, -0.2) is 30.1 Å². The number of benzene rings is 2. The summed E-state index contributed by atoms with van der Waals surface area (Å²) in [4.78, 5) is 24.2. The lowest BCUT2D eigenvalue weighted by molar-refractivity contribution is 0.0944. The topological polar surface area (TPSA) is 78.4 Å². The van der Waals surface area contributed by atoms with Gasteiger partial charge in [0.15, 0.2) is 0 Å². The van der Waals surface area contributed by atoms with Gasteiger partial charge in [0.1, 0.15) is 0 Å². The normalized spacial score (nSPS) is 11.6. The summed E-state index contributed by atoms with van der Waals surface area (Å²) in [6.45, 7) is 2.59. The van der Waals surface area contributed by atoms with Gasteiger partial charge < -0.3 is 15.7 Å². The van der Waals surface area contributed by atoms with E-state index in [4.69, 9.17) is 5.11 Å². The Hall–Kier alpha value is -2.66. The first kappa shape index (κ1) is 17.7. The van der Waals surface area contributed by atoms with E-state index in [9.17, 15) is 9.59 Å². The number of carbonyl (C=O) groups excluding carboxylic acids is 2. The quantitative estimate of drug-likeness (QED) is 0.732. The highest BCUT2D eigenvalue weighted by Gasteiger charge is 2.10. The molecule has 0 saturated heterocycles. The van der Waals surface area contributed by atoms with Crippen molar-refractivity contribution in [3.05, 3.63) is 65.7 Å². The fourth-order valence-electron chi connectivity index (χ4n) is 2.19. The molecule has 0 saturated carbocycles. The van der Waals surface area contributed by atoms with E-state index in [1.54, 1.807) is 24.3 Å². The van der Waals surface area contributed by atoms with Crippen LogP contribution in [0.25, 0.3) is 0 Å². The van der Waals surface area contributed by atoms with Crippen LogP contribution in [0, 0.1) is 5.92 Å². The van der Waals surface area contributed by atoms with Crippen molar-refractivity contribution in [2.75, 3.05) is 18.5 Å². The van der Waals surface area contributed by atoms with Crippen molar-refractivity contribution in [2.45, 2.75) is 13.3 Å². The van der Waals surface area contributed by atoms with Gasteiger partial charge in [-0.3, -0.25) is 9.59 Å². The van der Waals surface area contributed by atoms with Gasteiger partial charge in [-0.15, -0.1) is 0 Å². The highest BCUT2D eigenvalue weighted by Crippen LogP contribution is 2.10. The molecule has 0 fully saturated rings. The van der Waals surface area contributed by atoms with Gasteiger partial charge in [-0.2, -0.15) is 0 Å². The zero-order valence-corrected chi connectivity index (χ0v) is 13.7. The number of para-hydroxylation sites is 1. The van der Waals surface area contributed by atoms with Crippen molar-refractivity contribution in [2.24, 2.45) is 5.92 Å². The fraction of sp³-hybridized carbons (Fsp3) is 0.263. The van der Waals surface area contributed by atoms with Crippen molar-refractivity contribution >= 4 is 17.5 Å². The number of rotatable bonds is 7. The Bertz CT molecular complexity index is 669. The first-order chi connectivity index (χ1) is 11.6. The van der Waals surface area contributed by atoms with Gasteiger partial charge in [-0.25, -0.2) is 0 Å². The molecule has 2 aromatic rings. The van der Waals surface area contributed by atoms with Crippen LogP contribution in [0.5, 0.6) is 0 Å². The Morgan fingerprint density at radius 1 is 0.958 bits per heavy atom. The van der Waals surface area contributed by atoms with E-state index in [1.165, 1.54) is 0 Å². The largest absolute Gasteiger partial charge is 0.396 e. The number of hydrogen-bond donors (Lipinski definition) is 3. The molecule has 0 bridgehead atoms. The Labute approximate surface area is 141 Å². The molecule has 2 amide bonds. The molecule has 5 heteroatoms. The lowest BCUT2D eigenvalue weighted by Gasteiger charge is -2.11. The zero-order valence-electron chi connectivity index (χ0n) is 13.7. The minimum absolute atomic E-state index is 0.113. The predicted octanol–water partition coefficient (Wildman–Crippen LogP) is 2.69. The summed E-state index contributed by atoms with van der Waals surface area (Å²) in [5, 5.41) is 14.5. The number of amides is 2. The second-order valence-electron chi connectivity index (χ2n) is 5.72. The number of aliphatic hydroxyl groups excluding tert-OH is 1. The molecule has 1 unspecified atom stereocenters. The minimum Gasteiger partial charge on any atom is -0.396 e. The summed E-state index contributed by atoms with van der Waals surface area (Å²) in [6.07, 6.45) is 0.652. The Morgan fingerprint density at radius 3 is 2.12 bits per heavy atom. The van der Waals surface area contributed by atoms with Crippen LogP contribution in [0.2, 0.25) is 0 Å². The molecule has 0 spiro atoms. The standard InChI is InChI=1S/C19H22N2O3/c1-14(11-12-22)13-20-18(23)15-7-9-16(10-8-15)19(24)21-17-5-3-2-4-6-17/h2-10,14,22H,11-13H2,1H3,(H,20,23)(H,21,24). The molecule has 3 N–H and O–H groups in total. The van der Waals surface area contributed by atoms with Gasteiger partial charge in [0.25, 0.3) is 11.8 Å². The Kier molecular flexibility index (Phi) is 6.51. The van der Waals surface area contributed by atoms with Gasteiger partial charge in [0, 0.05) is 30.0 Å². The molecule has 0 aliphatic heterocycles. The maximum Gasteiger partial charge on any atom is 0.255 e. The predicted molar refractivity (Wildman–Crippen MR) is 94.0 cm³/mol. The number of anilines is 1. The van der Waals surface area contributed by atoms with E-state index >= 15 is 0 Å². The SMILES string of the molecule is CC(CCO)CNC(=O)c1ccc(C(=O)Nc2ccccc2)cc1. The summed E-state index contributed by atoms with van der Waals surface area (Å²) >= 11 is 0. The number of carbonyl (C=O) groups is 2. The maximum atomic E-state index is 12.1. The van der Waals surface area contributed by atoms with Crippen LogP contribution in [0.15, 0.2) is 54.6 Å². The highest BCUT2D eigenvalue weighted by atomic mass is 16.3. The molecule has 5 nitrogen and oxygen atoms in total. The lowest BCUT2D eigenvalue weighted by atomic mass is 10.1. The molecule has 0 aliphatic rings. The van der Waals surface area contributed by atoms with E-state index in [0.29, 0.717) is 24.1 Å². The van der Waals surface area contributed by atoms with Gasteiger partial charge >= 0.3 is 0 Å². The fourth-order valence-corrected chi connectivity index (χ4v) is 2.19. The number of hydrogen-bond acceptors (Lipinski definition) is 3. The van der Waals surface area contributed by atoms with E-state index in [0.717, 1.165) is 5.69 Å². The number of nitrogens with one attached hydrogen (secondary N) is 2. The van der Waals surface area contributed by atoms with Crippen molar-refractivity contribution in [1.82, 2.24) is 5.32 Å². The third-order valence-corrected chi connectivity index (χ3v) is 3.67. The zero-order chi connectivity index (χ0) is 17.4. The molecule has 2 aromatic carbocycles. The van der Waals surface area contributed by atoms with Gasteiger partial charge in [-0.05, 0) is 48.7 Å². The Morgan fingerprint density at radius 2 is 1.54 bits per heavy atom. The van der Waals surface area contributed by atoms with Crippen LogP contribution >= 0.6 is 0 Å². The molecular weight excluding hydrogens is 304 g/mol. The first-order valence-electron chi connectivity index (χ1n) is 7.95. The number of aliphatic hydroxyl groups is 1. The second kappa shape index (κ2) is 8.84. The molecule has 0 aliphatic carbocycles. The van der Waals surface area contributed by atoms with Gasteiger partial charge in [0.05, 0.1) is 0 Å². The molecule has 126 valence electrons. The van der Waals surface area contributed by atoms with Crippen LogP contribution in [-0.2, 0) is 0 Å². The Balaban J connectivity index is 1.92. The van der Waals surface area contributed by atoms with Crippen LogP contribution in [0.1, 0.15) is 34.1 Å². The van der Waals surface area contributed by atoms with E-state index in [-0.39, 0.29) is 24.3 Å². The lowest BCUT2D eigenvalue weighted by Crippen LogP contribution is -2.28. The molecule has 1 atom stereocenters. The van der Waals surface area contributed by atoms with E-state index in [1.807, 2.05) is 37.3 Å². The van der Waals surface area contributed by atoms with Crippen LogP contribution < -0.4 is 10.6 Å². The summed E-state index contributed by atoms with van der Waals surface area (Å²) in [5.41, 5.74) is 1.72. The van der Waals surface area contributed by atoms with Gasteiger partial charge in [-0.1, -0.05) is 25.1 Å². The summed E-state index contributed by atoms with van der Waals surface area (Å²) in [5.74, 6) is -0.186. The molecule has 0 heterocycles. The van der Waals surface area contributed by atoms with Crippen molar-refractivity contribution in [3.63, 3.8) is 0 Å². The molecule has 0 aromatic heterocycles. The van der Waals surface area contributed by atoms with Crippen LogP contribution in [0.3, 0.4) is 0 Å². The van der Waals surface area contributed by atoms with Crippen molar-refractivity contribution in [1.29, 1.82) is 0 Å². The average Bonchev–Trinajstić information content (AvgIpc) is 2.61. The first-order valence-corrected chi connectivity index (χ1v) is 7.95. The third kappa shape index (κ3) is 5.21. The van der Waals surface area contributed by atoms with Crippen LogP contribution in [0.4, 0.5) is 5.69 Å². The molecule has 0 radical (unpaired) electrons. The van der Waals surface area contributed by atoms with Crippen molar-refractivity contribution in [3.8, 4) is 0 Å². The summed E-state index contributed by atoms with van der Waals surface area (Å²) in [7, 11) is 0.